The number of rotatable bonds is 5. The molecule has 3 rings (SSSR count). The number of carbonyl (C=O) groups is 1. The van der Waals surface area contributed by atoms with Crippen LogP contribution in [0.4, 0.5) is 5.69 Å². The summed E-state index contributed by atoms with van der Waals surface area (Å²) in [6.07, 6.45) is 2.13. The van der Waals surface area contributed by atoms with Gasteiger partial charge in [-0.2, -0.15) is 5.10 Å². The quantitative estimate of drug-likeness (QED) is 0.581. The minimum Gasteiger partial charge on any atom is -0.378 e. The number of carbonyl (C=O) groups excluding carboxylic acids is 1. The third-order valence-corrected chi connectivity index (χ3v) is 5.63. The standard InChI is InChI=1S/C19H18Cl2N4OS/c1-25(2)15-6-3-12(4-7-15)11-22-24-19-23-18(26)17(27-19)10-13-9-14(20)5-8-16(13)21/h3-9,11,17H,10H2,1-2H3,(H,23,24,26). The molecule has 1 fully saturated rings. The highest BCUT2D eigenvalue weighted by atomic mass is 35.5. The molecule has 1 atom stereocenters. The number of amidine groups is 1. The number of amides is 1. The summed E-state index contributed by atoms with van der Waals surface area (Å²) in [4.78, 5) is 14.2. The molecule has 1 heterocycles. The molecule has 1 N–H and O–H groups in total. The van der Waals surface area contributed by atoms with Gasteiger partial charge in [-0.05, 0) is 47.9 Å². The Kier molecular flexibility index (Phi) is 6.42. The number of hydrogen-bond donors (Lipinski definition) is 1. The van der Waals surface area contributed by atoms with Crippen LogP contribution in [0.25, 0.3) is 0 Å². The van der Waals surface area contributed by atoms with Crippen LogP contribution in [0, 0.1) is 0 Å². The second-order valence-electron chi connectivity index (χ2n) is 6.17. The van der Waals surface area contributed by atoms with E-state index < -0.39 is 0 Å². The van der Waals surface area contributed by atoms with Crippen LogP contribution in [0.2, 0.25) is 10.0 Å². The van der Waals surface area contributed by atoms with Crippen molar-refractivity contribution in [3.8, 4) is 0 Å². The zero-order valence-corrected chi connectivity index (χ0v) is 17.1. The van der Waals surface area contributed by atoms with Crippen molar-refractivity contribution < 1.29 is 4.79 Å². The predicted molar refractivity (Wildman–Crippen MR) is 115 cm³/mol. The topological polar surface area (TPSA) is 57.1 Å². The number of nitrogens with zero attached hydrogens (tertiary/aromatic N) is 3. The number of halogens is 2. The Bertz CT molecular complexity index is 897. The summed E-state index contributed by atoms with van der Waals surface area (Å²) in [6, 6.07) is 13.2. The average molecular weight is 421 g/mol. The minimum atomic E-state index is -0.311. The van der Waals surface area contributed by atoms with Crippen molar-refractivity contribution in [3.05, 3.63) is 63.6 Å². The van der Waals surface area contributed by atoms with Gasteiger partial charge in [-0.15, -0.1) is 5.10 Å². The van der Waals surface area contributed by atoms with Gasteiger partial charge in [0, 0.05) is 29.8 Å². The first kappa shape index (κ1) is 19.7. The van der Waals surface area contributed by atoms with Gasteiger partial charge in [-0.25, -0.2) is 0 Å². The van der Waals surface area contributed by atoms with Crippen LogP contribution < -0.4 is 10.2 Å². The zero-order valence-electron chi connectivity index (χ0n) is 14.8. The molecule has 1 amide bonds. The fourth-order valence-corrected chi connectivity index (χ4v) is 3.83. The third kappa shape index (κ3) is 5.25. The highest BCUT2D eigenvalue weighted by Gasteiger charge is 2.31. The summed E-state index contributed by atoms with van der Waals surface area (Å²) in [6.45, 7) is 0. The van der Waals surface area contributed by atoms with E-state index in [-0.39, 0.29) is 11.2 Å². The Morgan fingerprint density at radius 2 is 1.93 bits per heavy atom. The number of thioether (sulfide) groups is 1. The van der Waals surface area contributed by atoms with Crippen LogP contribution in [-0.4, -0.2) is 36.6 Å². The molecule has 0 radical (unpaired) electrons. The van der Waals surface area contributed by atoms with E-state index in [1.54, 1.807) is 24.4 Å². The number of hydrogen-bond acceptors (Lipinski definition) is 5. The molecular formula is C19H18Cl2N4OS. The monoisotopic (exact) mass is 420 g/mol. The van der Waals surface area contributed by atoms with Gasteiger partial charge in [0.1, 0.15) is 0 Å². The van der Waals surface area contributed by atoms with Gasteiger partial charge >= 0.3 is 0 Å². The minimum absolute atomic E-state index is 0.111. The molecule has 1 unspecified atom stereocenters. The number of nitrogens with one attached hydrogen (secondary N) is 1. The van der Waals surface area contributed by atoms with Gasteiger partial charge in [0.2, 0.25) is 5.91 Å². The lowest BCUT2D eigenvalue weighted by Crippen LogP contribution is -2.26. The Balaban J connectivity index is 1.63. The molecule has 2 aromatic carbocycles. The second-order valence-corrected chi connectivity index (χ2v) is 8.21. The zero-order chi connectivity index (χ0) is 19.4. The summed E-state index contributed by atoms with van der Waals surface area (Å²) in [5, 5.41) is 12.3. The van der Waals surface area contributed by atoms with E-state index in [1.807, 2.05) is 43.3 Å². The van der Waals surface area contributed by atoms with Crippen molar-refractivity contribution in [1.82, 2.24) is 5.32 Å². The van der Waals surface area contributed by atoms with Crippen LogP contribution in [0.15, 0.2) is 52.7 Å². The van der Waals surface area contributed by atoms with Gasteiger partial charge in [-0.3, -0.25) is 4.79 Å². The summed E-state index contributed by atoms with van der Waals surface area (Å²) >= 11 is 13.5. The first-order valence-corrected chi connectivity index (χ1v) is 9.86. The van der Waals surface area contributed by atoms with Crippen molar-refractivity contribution in [1.29, 1.82) is 0 Å². The molecule has 27 heavy (non-hydrogen) atoms. The molecule has 8 heteroatoms. The van der Waals surface area contributed by atoms with E-state index in [1.165, 1.54) is 11.8 Å². The van der Waals surface area contributed by atoms with E-state index in [0.717, 1.165) is 16.8 Å². The summed E-state index contributed by atoms with van der Waals surface area (Å²) in [7, 11) is 3.98. The van der Waals surface area contributed by atoms with E-state index in [0.29, 0.717) is 21.6 Å². The van der Waals surface area contributed by atoms with E-state index in [9.17, 15) is 4.79 Å². The van der Waals surface area contributed by atoms with Gasteiger partial charge < -0.3 is 10.2 Å². The van der Waals surface area contributed by atoms with Gasteiger partial charge in [0.15, 0.2) is 5.17 Å². The molecule has 0 aromatic heterocycles. The molecule has 0 bridgehead atoms. The SMILES string of the molecule is CN(C)c1ccc(C=NN=C2NC(=O)C(Cc3cc(Cl)ccc3Cl)S2)cc1. The lowest BCUT2D eigenvalue weighted by atomic mass is 10.1. The van der Waals surface area contributed by atoms with Crippen molar-refractivity contribution in [2.24, 2.45) is 10.2 Å². The van der Waals surface area contributed by atoms with Gasteiger partial charge in [0.25, 0.3) is 0 Å². The van der Waals surface area contributed by atoms with Crippen molar-refractivity contribution in [2.75, 3.05) is 19.0 Å². The summed E-state index contributed by atoms with van der Waals surface area (Å²) in [5.74, 6) is -0.111. The highest BCUT2D eigenvalue weighted by molar-refractivity contribution is 8.15. The first-order chi connectivity index (χ1) is 12.9. The molecule has 2 aromatic rings. The Labute approximate surface area is 172 Å². The Hall–Kier alpha value is -2.02. The molecular weight excluding hydrogens is 403 g/mol. The first-order valence-electron chi connectivity index (χ1n) is 8.22. The number of anilines is 1. The maximum absolute atomic E-state index is 12.2. The van der Waals surface area contributed by atoms with Crippen LogP contribution in [0.1, 0.15) is 11.1 Å². The fourth-order valence-electron chi connectivity index (χ4n) is 2.49. The normalized spacial score (nSPS) is 18.3. The lowest BCUT2D eigenvalue weighted by Gasteiger charge is -2.11. The van der Waals surface area contributed by atoms with E-state index in [2.05, 4.69) is 15.5 Å². The second kappa shape index (κ2) is 8.78. The largest absolute Gasteiger partial charge is 0.378 e. The maximum Gasteiger partial charge on any atom is 0.239 e. The van der Waals surface area contributed by atoms with Crippen LogP contribution >= 0.6 is 35.0 Å². The van der Waals surface area contributed by atoms with Gasteiger partial charge in [-0.1, -0.05) is 47.1 Å². The molecule has 0 aliphatic carbocycles. The fraction of sp³-hybridized carbons (Fsp3) is 0.211. The molecule has 140 valence electrons. The average Bonchev–Trinajstić information content (AvgIpc) is 2.98. The Morgan fingerprint density at radius 1 is 1.19 bits per heavy atom. The summed E-state index contributed by atoms with van der Waals surface area (Å²) < 4.78 is 0. The molecule has 1 saturated heterocycles. The predicted octanol–water partition coefficient (Wildman–Crippen LogP) is 4.22. The van der Waals surface area contributed by atoms with Crippen molar-refractivity contribution >= 4 is 57.9 Å². The van der Waals surface area contributed by atoms with Crippen LogP contribution in [0.5, 0.6) is 0 Å². The Morgan fingerprint density at radius 3 is 2.63 bits per heavy atom. The molecule has 0 saturated carbocycles. The highest BCUT2D eigenvalue weighted by Crippen LogP contribution is 2.28. The number of benzene rings is 2. The maximum atomic E-state index is 12.2. The smallest absolute Gasteiger partial charge is 0.239 e. The molecule has 1 aliphatic rings. The van der Waals surface area contributed by atoms with Crippen molar-refractivity contribution in [2.45, 2.75) is 11.7 Å². The third-order valence-electron chi connectivity index (χ3n) is 3.95. The van der Waals surface area contributed by atoms with Crippen LogP contribution in [-0.2, 0) is 11.2 Å². The van der Waals surface area contributed by atoms with E-state index >= 15 is 0 Å². The lowest BCUT2D eigenvalue weighted by molar-refractivity contribution is -0.118. The molecule has 1 aliphatic heterocycles. The van der Waals surface area contributed by atoms with Crippen molar-refractivity contribution in [3.63, 3.8) is 0 Å². The summed E-state index contributed by atoms with van der Waals surface area (Å²) in [5.41, 5.74) is 2.88. The van der Waals surface area contributed by atoms with E-state index in [4.69, 9.17) is 23.2 Å². The molecule has 0 spiro atoms. The van der Waals surface area contributed by atoms with Crippen LogP contribution in [0.3, 0.4) is 0 Å². The molecule has 5 nitrogen and oxygen atoms in total. The van der Waals surface area contributed by atoms with Gasteiger partial charge in [0.05, 0.1) is 11.5 Å².